The molecule has 2 rings (SSSR count). The van der Waals surface area contributed by atoms with Crippen molar-refractivity contribution in [3.8, 4) is 5.75 Å². The number of hydrogen-bond donors (Lipinski definition) is 2. The van der Waals surface area contributed by atoms with Gasteiger partial charge in [-0.2, -0.15) is 0 Å². The number of thiophene rings is 1. The van der Waals surface area contributed by atoms with Gasteiger partial charge in [-0.1, -0.05) is 12.1 Å². The number of nitrogens with one attached hydrogen (secondary N) is 1. The largest absolute Gasteiger partial charge is 0.483 e. The number of rotatable bonds is 9. The molecule has 0 bridgehead atoms. The number of nitrogens with two attached hydrogens (primary N) is 1. The third-order valence-corrected chi connectivity index (χ3v) is 5.04. The summed E-state index contributed by atoms with van der Waals surface area (Å²) in [6.07, 6.45) is 0. The third kappa shape index (κ3) is 5.35. The highest BCUT2D eigenvalue weighted by Gasteiger charge is 2.27. The molecule has 1 aromatic carbocycles. The van der Waals surface area contributed by atoms with Gasteiger partial charge in [-0.15, -0.1) is 11.3 Å². The summed E-state index contributed by atoms with van der Waals surface area (Å²) < 4.78 is 15.4. The normalized spacial score (nSPS) is 10.2. The second-order valence-corrected chi connectivity index (χ2v) is 6.92. The van der Waals surface area contributed by atoms with E-state index in [1.165, 1.54) is 12.1 Å². The van der Waals surface area contributed by atoms with Crippen LogP contribution in [0.25, 0.3) is 0 Å². The van der Waals surface area contributed by atoms with Crippen molar-refractivity contribution in [2.24, 2.45) is 5.73 Å². The molecular weight excluding hydrogens is 412 g/mol. The van der Waals surface area contributed by atoms with E-state index in [1.807, 2.05) is 0 Å². The van der Waals surface area contributed by atoms with Crippen LogP contribution in [0.2, 0.25) is 0 Å². The lowest BCUT2D eigenvalue weighted by molar-refractivity contribution is -0.118. The molecule has 9 nitrogen and oxygen atoms in total. The number of esters is 2. The summed E-state index contributed by atoms with van der Waals surface area (Å²) in [5, 5.41) is 2.70. The number of ether oxygens (including phenoxy) is 3. The molecule has 0 aliphatic heterocycles. The van der Waals surface area contributed by atoms with E-state index in [0.717, 1.165) is 11.3 Å². The molecule has 0 spiro atoms. The third-order valence-electron chi connectivity index (χ3n) is 3.85. The van der Waals surface area contributed by atoms with E-state index < -0.39 is 30.4 Å². The number of carbonyl (C=O) groups excluding carboxylic acids is 4. The first-order valence-electron chi connectivity index (χ1n) is 9.09. The van der Waals surface area contributed by atoms with Crippen molar-refractivity contribution >= 4 is 40.1 Å². The molecule has 10 heteroatoms. The molecule has 0 atom stereocenters. The monoisotopic (exact) mass is 434 g/mol. The van der Waals surface area contributed by atoms with E-state index in [4.69, 9.17) is 19.9 Å². The molecule has 3 N–H and O–H groups in total. The van der Waals surface area contributed by atoms with Crippen LogP contribution in [0.15, 0.2) is 24.3 Å². The van der Waals surface area contributed by atoms with Gasteiger partial charge in [-0.05, 0) is 38.5 Å². The Morgan fingerprint density at radius 3 is 2.30 bits per heavy atom. The number of primary amides is 1. The van der Waals surface area contributed by atoms with Crippen LogP contribution in [0.3, 0.4) is 0 Å². The average Bonchev–Trinajstić information content (AvgIpc) is 3.02. The Labute approximate surface area is 177 Å². The summed E-state index contributed by atoms with van der Waals surface area (Å²) in [4.78, 5) is 48.6. The lowest BCUT2D eigenvalue weighted by atomic mass is 10.1. The van der Waals surface area contributed by atoms with Crippen molar-refractivity contribution in [1.82, 2.24) is 0 Å². The zero-order chi connectivity index (χ0) is 22.3. The lowest BCUT2D eigenvalue weighted by Crippen LogP contribution is -2.22. The summed E-state index contributed by atoms with van der Waals surface area (Å²) in [6, 6.07) is 6.23. The smallest absolute Gasteiger partial charge is 0.348 e. The van der Waals surface area contributed by atoms with Gasteiger partial charge in [0.2, 0.25) is 0 Å². The van der Waals surface area contributed by atoms with Crippen molar-refractivity contribution in [3.63, 3.8) is 0 Å². The summed E-state index contributed by atoms with van der Waals surface area (Å²) >= 11 is 0.909. The van der Waals surface area contributed by atoms with Crippen LogP contribution in [0.1, 0.15) is 49.8 Å². The zero-order valence-electron chi connectivity index (χ0n) is 16.8. The number of hydrogen-bond acceptors (Lipinski definition) is 8. The Kier molecular flexibility index (Phi) is 7.93. The van der Waals surface area contributed by atoms with E-state index >= 15 is 0 Å². The Hall–Kier alpha value is -3.40. The molecule has 30 heavy (non-hydrogen) atoms. The van der Waals surface area contributed by atoms with E-state index in [2.05, 4.69) is 5.32 Å². The molecule has 2 aromatic rings. The second kappa shape index (κ2) is 10.4. The molecular formula is C20H22N2O7S. The van der Waals surface area contributed by atoms with Gasteiger partial charge in [0, 0.05) is 0 Å². The van der Waals surface area contributed by atoms with E-state index in [1.54, 1.807) is 32.9 Å². The fourth-order valence-corrected chi connectivity index (χ4v) is 3.65. The number of carbonyl (C=O) groups is 4. The molecule has 0 fully saturated rings. The highest BCUT2D eigenvalue weighted by molar-refractivity contribution is 7.18. The minimum Gasteiger partial charge on any atom is -0.483 e. The molecule has 0 aliphatic rings. The van der Waals surface area contributed by atoms with E-state index in [9.17, 15) is 19.2 Å². The molecule has 0 aliphatic carbocycles. The van der Waals surface area contributed by atoms with Crippen molar-refractivity contribution in [2.45, 2.75) is 20.8 Å². The maximum absolute atomic E-state index is 12.4. The number of anilines is 1. The van der Waals surface area contributed by atoms with Crippen LogP contribution in [0.5, 0.6) is 5.75 Å². The highest BCUT2D eigenvalue weighted by Crippen LogP contribution is 2.34. The van der Waals surface area contributed by atoms with Crippen molar-refractivity contribution in [1.29, 1.82) is 0 Å². The quantitative estimate of drug-likeness (QED) is 0.579. The molecule has 2 amide bonds. The second-order valence-electron chi connectivity index (χ2n) is 5.90. The lowest BCUT2D eigenvalue weighted by Gasteiger charge is -2.10. The van der Waals surface area contributed by atoms with Gasteiger partial charge < -0.3 is 25.3 Å². The molecule has 160 valence electrons. The molecule has 0 unspecified atom stereocenters. The Morgan fingerprint density at radius 1 is 1.03 bits per heavy atom. The Balaban J connectivity index is 2.23. The summed E-state index contributed by atoms with van der Waals surface area (Å²) in [7, 11) is 0. The standard InChI is InChI=1S/C20H22N2O7S/c1-4-27-19(25)15-11(3)16(20(26)28-5-2)30-18(15)22-14(23)10-29-13-9-7-6-8-12(13)17(21)24/h6-9H,4-5,10H2,1-3H3,(H2,21,24)(H,22,23). The average molecular weight is 434 g/mol. The first kappa shape index (κ1) is 22.9. The van der Waals surface area contributed by atoms with Crippen LogP contribution in [-0.2, 0) is 14.3 Å². The number of para-hydroxylation sites is 1. The minimum atomic E-state index is -0.691. The predicted molar refractivity (Wildman–Crippen MR) is 110 cm³/mol. The number of amides is 2. The Morgan fingerprint density at radius 2 is 1.67 bits per heavy atom. The van der Waals surface area contributed by atoms with E-state index in [0.29, 0.717) is 5.56 Å². The van der Waals surface area contributed by atoms with Crippen LogP contribution < -0.4 is 15.8 Å². The van der Waals surface area contributed by atoms with Gasteiger partial charge >= 0.3 is 11.9 Å². The van der Waals surface area contributed by atoms with Crippen LogP contribution in [0.4, 0.5) is 5.00 Å². The summed E-state index contributed by atoms with van der Waals surface area (Å²) in [6.45, 7) is 4.73. The van der Waals surface area contributed by atoms with Crippen molar-refractivity contribution in [2.75, 3.05) is 25.1 Å². The SMILES string of the molecule is CCOC(=O)c1sc(NC(=O)COc2ccccc2C(N)=O)c(C(=O)OCC)c1C. The van der Waals surface area contributed by atoms with Gasteiger partial charge in [-0.25, -0.2) is 9.59 Å². The maximum atomic E-state index is 12.4. The molecule has 0 saturated heterocycles. The highest BCUT2D eigenvalue weighted by atomic mass is 32.1. The fraction of sp³-hybridized carbons (Fsp3) is 0.300. The van der Waals surface area contributed by atoms with E-state index in [-0.39, 0.29) is 40.0 Å². The Bertz CT molecular complexity index is 968. The first-order valence-corrected chi connectivity index (χ1v) is 9.90. The molecule has 0 saturated carbocycles. The summed E-state index contributed by atoms with van der Waals surface area (Å²) in [5.41, 5.74) is 5.85. The van der Waals surface area contributed by atoms with Crippen LogP contribution >= 0.6 is 11.3 Å². The molecule has 1 heterocycles. The first-order chi connectivity index (χ1) is 14.3. The fourth-order valence-electron chi connectivity index (χ4n) is 2.54. The topological polar surface area (TPSA) is 134 Å². The minimum absolute atomic E-state index is 0.0794. The number of benzene rings is 1. The zero-order valence-corrected chi connectivity index (χ0v) is 17.6. The van der Waals surface area contributed by atoms with Gasteiger partial charge in [-0.3, -0.25) is 9.59 Å². The van der Waals surface area contributed by atoms with Gasteiger partial charge in [0.05, 0.1) is 24.3 Å². The van der Waals surface area contributed by atoms with Gasteiger partial charge in [0.15, 0.2) is 6.61 Å². The van der Waals surface area contributed by atoms with Crippen molar-refractivity contribution in [3.05, 3.63) is 45.8 Å². The molecule has 1 aromatic heterocycles. The molecule has 0 radical (unpaired) electrons. The predicted octanol–water partition coefficient (Wildman–Crippen LogP) is 2.53. The summed E-state index contributed by atoms with van der Waals surface area (Å²) in [5.74, 6) is -2.41. The van der Waals surface area contributed by atoms with Gasteiger partial charge in [0.25, 0.3) is 11.8 Å². The van der Waals surface area contributed by atoms with Crippen molar-refractivity contribution < 1.29 is 33.4 Å². The maximum Gasteiger partial charge on any atom is 0.348 e. The van der Waals surface area contributed by atoms with Crippen LogP contribution in [-0.4, -0.2) is 43.6 Å². The van der Waals surface area contributed by atoms with Gasteiger partial charge in [0.1, 0.15) is 15.6 Å². The van der Waals surface area contributed by atoms with Crippen LogP contribution in [0, 0.1) is 6.92 Å².